The standard InChI is InChI=1S/C12H18IN3O4/c1-12(2,3)20-11(18)14-5-6-16-9(10(17)19-4)8(13)7-15-16/h7H,5-6H2,1-4H3,(H,14,18). The molecule has 1 rings (SSSR count). The molecule has 0 aromatic carbocycles. The molecule has 1 amide bonds. The molecule has 1 aromatic rings. The number of halogens is 1. The van der Waals surface area contributed by atoms with E-state index in [2.05, 4.69) is 10.4 Å². The molecule has 0 aliphatic carbocycles. The zero-order valence-electron chi connectivity index (χ0n) is 11.9. The second-order valence-corrected chi connectivity index (χ2v) is 6.15. The Morgan fingerprint density at radius 1 is 1.45 bits per heavy atom. The number of carbonyl (C=O) groups excluding carboxylic acids is 2. The zero-order chi connectivity index (χ0) is 15.3. The van der Waals surface area contributed by atoms with E-state index in [9.17, 15) is 9.59 Å². The van der Waals surface area contributed by atoms with Gasteiger partial charge in [-0.3, -0.25) is 4.68 Å². The van der Waals surface area contributed by atoms with Crippen LogP contribution in [0.25, 0.3) is 0 Å². The maximum Gasteiger partial charge on any atom is 0.407 e. The van der Waals surface area contributed by atoms with Crippen molar-refractivity contribution in [3.8, 4) is 0 Å². The normalized spacial score (nSPS) is 11.1. The Kier molecular flexibility index (Phi) is 5.78. The Hall–Kier alpha value is -1.32. The Labute approximate surface area is 131 Å². The van der Waals surface area contributed by atoms with Gasteiger partial charge in [-0.05, 0) is 43.4 Å². The molecule has 0 fully saturated rings. The summed E-state index contributed by atoms with van der Waals surface area (Å²) in [7, 11) is 1.31. The molecule has 8 heteroatoms. The minimum atomic E-state index is -0.539. The number of hydrogen-bond donors (Lipinski definition) is 1. The third-order valence-electron chi connectivity index (χ3n) is 2.17. The summed E-state index contributed by atoms with van der Waals surface area (Å²) < 4.78 is 12.0. The molecule has 7 nitrogen and oxygen atoms in total. The highest BCUT2D eigenvalue weighted by Gasteiger charge is 2.18. The summed E-state index contributed by atoms with van der Waals surface area (Å²) in [5, 5.41) is 6.68. The molecule has 0 saturated carbocycles. The molecule has 0 bridgehead atoms. The van der Waals surface area contributed by atoms with Crippen molar-refractivity contribution < 1.29 is 19.1 Å². The average molecular weight is 395 g/mol. The van der Waals surface area contributed by atoms with E-state index in [1.165, 1.54) is 11.8 Å². The van der Waals surface area contributed by atoms with Gasteiger partial charge < -0.3 is 14.8 Å². The fourth-order valence-electron chi connectivity index (χ4n) is 1.41. The molecule has 1 N–H and O–H groups in total. The largest absolute Gasteiger partial charge is 0.464 e. The number of carbonyl (C=O) groups is 2. The van der Waals surface area contributed by atoms with Crippen LogP contribution in [0.1, 0.15) is 31.3 Å². The van der Waals surface area contributed by atoms with E-state index in [0.29, 0.717) is 22.4 Å². The van der Waals surface area contributed by atoms with E-state index in [-0.39, 0.29) is 0 Å². The minimum Gasteiger partial charge on any atom is -0.464 e. The molecule has 1 aromatic heterocycles. The summed E-state index contributed by atoms with van der Waals surface area (Å²) in [4.78, 5) is 23.1. The van der Waals surface area contributed by atoms with Gasteiger partial charge in [0.2, 0.25) is 0 Å². The van der Waals surface area contributed by atoms with E-state index in [1.807, 2.05) is 22.6 Å². The Bertz CT molecular complexity index is 493. The van der Waals surface area contributed by atoms with Crippen molar-refractivity contribution in [2.45, 2.75) is 32.9 Å². The number of nitrogens with one attached hydrogen (secondary N) is 1. The van der Waals surface area contributed by atoms with Crippen molar-refractivity contribution in [2.75, 3.05) is 13.7 Å². The highest BCUT2D eigenvalue weighted by molar-refractivity contribution is 14.1. The SMILES string of the molecule is COC(=O)c1c(I)cnn1CCNC(=O)OC(C)(C)C. The molecule has 0 aliphatic heterocycles. The van der Waals surface area contributed by atoms with Crippen molar-refractivity contribution in [2.24, 2.45) is 0 Å². The van der Waals surface area contributed by atoms with Crippen LogP contribution in [0.4, 0.5) is 4.79 Å². The van der Waals surface area contributed by atoms with Crippen molar-refractivity contribution >= 4 is 34.7 Å². The Balaban J connectivity index is 2.55. The van der Waals surface area contributed by atoms with Crippen molar-refractivity contribution in [3.05, 3.63) is 15.5 Å². The van der Waals surface area contributed by atoms with Gasteiger partial charge in [-0.2, -0.15) is 5.10 Å². The predicted molar refractivity (Wildman–Crippen MR) is 80.5 cm³/mol. The Morgan fingerprint density at radius 3 is 2.65 bits per heavy atom. The Morgan fingerprint density at radius 2 is 2.10 bits per heavy atom. The fraction of sp³-hybridized carbons (Fsp3) is 0.583. The molecule has 112 valence electrons. The summed E-state index contributed by atoms with van der Waals surface area (Å²) in [5.41, 5.74) is -0.165. The number of nitrogens with zero attached hydrogens (tertiary/aromatic N) is 2. The van der Waals surface area contributed by atoms with Gasteiger partial charge in [0.25, 0.3) is 0 Å². The topological polar surface area (TPSA) is 82.5 Å². The van der Waals surface area contributed by atoms with Crippen LogP contribution >= 0.6 is 22.6 Å². The van der Waals surface area contributed by atoms with E-state index in [4.69, 9.17) is 9.47 Å². The molecule has 0 aliphatic rings. The number of amides is 1. The lowest BCUT2D eigenvalue weighted by atomic mass is 10.2. The van der Waals surface area contributed by atoms with Gasteiger partial charge in [0.15, 0.2) is 5.69 Å². The molecule has 0 spiro atoms. The summed E-state index contributed by atoms with van der Waals surface area (Å²) in [6.45, 7) is 6.02. The van der Waals surface area contributed by atoms with Crippen LogP contribution in [0.5, 0.6) is 0 Å². The lowest BCUT2D eigenvalue weighted by Crippen LogP contribution is -2.34. The van der Waals surface area contributed by atoms with Crippen LogP contribution in [0, 0.1) is 3.57 Å². The maximum absolute atomic E-state index is 11.6. The third-order valence-corrected chi connectivity index (χ3v) is 2.95. The van der Waals surface area contributed by atoms with E-state index in [0.717, 1.165) is 0 Å². The molecule has 0 unspecified atom stereocenters. The molecule has 0 saturated heterocycles. The summed E-state index contributed by atoms with van der Waals surface area (Å²) in [5.74, 6) is -0.454. The van der Waals surface area contributed by atoms with Gasteiger partial charge in [-0.15, -0.1) is 0 Å². The summed E-state index contributed by atoms with van der Waals surface area (Å²) >= 11 is 2.01. The number of methoxy groups -OCH3 is 1. The molecule has 1 heterocycles. The highest BCUT2D eigenvalue weighted by atomic mass is 127. The van der Waals surface area contributed by atoms with Gasteiger partial charge in [0.05, 0.1) is 23.4 Å². The molecule has 0 atom stereocenters. The second kappa shape index (κ2) is 6.91. The predicted octanol–water partition coefficient (Wildman–Crippen LogP) is 1.80. The highest BCUT2D eigenvalue weighted by Crippen LogP contribution is 2.12. The molecule has 0 radical (unpaired) electrons. The first kappa shape index (κ1) is 16.7. The van der Waals surface area contributed by atoms with Gasteiger partial charge in [0, 0.05) is 6.54 Å². The van der Waals surface area contributed by atoms with Crippen LogP contribution < -0.4 is 5.32 Å². The van der Waals surface area contributed by atoms with Crippen LogP contribution in [0.2, 0.25) is 0 Å². The second-order valence-electron chi connectivity index (χ2n) is 4.98. The number of hydrogen-bond acceptors (Lipinski definition) is 5. The van der Waals surface area contributed by atoms with Crippen molar-refractivity contribution in [3.63, 3.8) is 0 Å². The van der Waals surface area contributed by atoms with Crippen molar-refractivity contribution in [1.82, 2.24) is 15.1 Å². The smallest absolute Gasteiger partial charge is 0.407 e. The monoisotopic (exact) mass is 395 g/mol. The number of alkyl carbamates (subject to hydrolysis) is 1. The molecular formula is C12H18IN3O4. The lowest BCUT2D eigenvalue weighted by Gasteiger charge is -2.19. The number of ether oxygens (including phenoxy) is 2. The number of rotatable bonds is 4. The van der Waals surface area contributed by atoms with Gasteiger partial charge in [0.1, 0.15) is 5.60 Å². The quantitative estimate of drug-likeness (QED) is 0.621. The maximum atomic E-state index is 11.6. The molecular weight excluding hydrogens is 377 g/mol. The van der Waals surface area contributed by atoms with Crippen LogP contribution in [-0.2, 0) is 16.0 Å². The first-order chi connectivity index (χ1) is 9.24. The van der Waals surface area contributed by atoms with Gasteiger partial charge in [-0.25, -0.2) is 9.59 Å². The van der Waals surface area contributed by atoms with Crippen molar-refractivity contribution in [1.29, 1.82) is 0 Å². The average Bonchev–Trinajstić information content (AvgIpc) is 2.67. The van der Waals surface area contributed by atoms with E-state index < -0.39 is 17.7 Å². The van der Waals surface area contributed by atoms with E-state index >= 15 is 0 Å². The van der Waals surface area contributed by atoms with Gasteiger partial charge in [-0.1, -0.05) is 0 Å². The van der Waals surface area contributed by atoms with Crippen LogP contribution in [0.15, 0.2) is 6.20 Å². The number of aromatic nitrogens is 2. The van der Waals surface area contributed by atoms with Crippen LogP contribution in [-0.4, -0.2) is 41.1 Å². The summed E-state index contributed by atoms with van der Waals surface area (Å²) in [6.07, 6.45) is 1.07. The lowest BCUT2D eigenvalue weighted by molar-refractivity contribution is 0.0525. The number of esters is 1. The van der Waals surface area contributed by atoms with Gasteiger partial charge >= 0.3 is 12.1 Å². The van der Waals surface area contributed by atoms with E-state index in [1.54, 1.807) is 27.0 Å². The summed E-state index contributed by atoms with van der Waals surface area (Å²) in [6, 6.07) is 0. The molecule has 20 heavy (non-hydrogen) atoms. The first-order valence-electron chi connectivity index (χ1n) is 6.01. The first-order valence-corrected chi connectivity index (χ1v) is 7.09. The minimum absolute atomic E-state index is 0.302. The third kappa shape index (κ3) is 4.99. The van der Waals surface area contributed by atoms with Crippen LogP contribution in [0.3, 0.4) is 0 Å². The fourth-order valence-corrected chi connectivity index (χ4v) is 2.03. The zero-order valence-corrected chi connectivity index (χ0v) is 14.1.